The highest BCUT2D eigenvalue weighted by Crippen LogP contribution is 2.32. The van der Waals surface area contributed by atoms with Gasteiger partial charge in [-0.05, 0) is 63.0 Å². The van der Waals surface area contributed by atoms with Crippen molar-refractivity contribution < 1.29 is 0 Å². The lowest BCUT2D eigenvalue weighted by Crippen LogP contribution is -2.45. The van der Waals surface area contributed by atoms with E-state index in [0.717, 1.165) is 13.1 Å². The summed E-state index contributed by atoms with van der Waals surface area (Å²) in [6, 6.07) is 9.87. The maximum absolute atomic E-state index is 4.66. The van der Waals surface area contributed by atoms with Gasteiger partial charge in [0.25, 0.3) is 0 Å². The molecule has 2 fully saturated rings. The van der Waals surface area contributed by atoms with Crippen molar-refractivity contribution in [3.05, 3.63) is 48.0 Å². The van der Waals surface area contributed by atoms with E-state index in [1.807, 2.05) is 12.4 Å². The molecule has 6 heteroatoms. The van der Waals surface area contributed by atoms with Gasteiger partial charge in [-0.15, -0.1) is 0 Å². The molecule has 30 heavy (non-hydrogen) atoms. The van der Waals surface area contributed by atoms with E-state index >= 15 is 0 Å². The lowest BCUT2D eigenvalue weighted by molar-refractivity contribution is 0.122. The number of aromatic nitrogens is 2. The molecule has 0 aliphatic carbocycles. The molecule has 0 bridgehead atoms. The van der Waals surface area contributed by atoms with E-state index in [0.29, 0.717) is 12.1 Å². The van der Waals surface area contributed by atoms with Crippen LogP contribution in [-0.2, 0) is 13.1 Å². The Bertz CT molecular complexity index is 766. The second-order valence-electron chi connectivity index (χ2n) is 9.16. The zero-order valence-corrected chi connectivity index (χ0v) is 19.0. The molecule has 2 aromatic rings. The predicted molar refractivity (Wildman–Crippen MR) is 124 cm³/mol. The second-order valence-corrected chi connectivity index (χ2v) is 9.16. The number of likely N-dealkylation sites (tertiary alicyclic amines) is 2. The van der Waals surface area contributed by atoms with Crippen LogP contribution in [-0.4, -0.2) is 73.1 Å². The third-order valence-corrected chi connectivity index (χ3v) is 6.64. The Kier molecular flexibility index (Phi) is 6.54. The van der Waals surface area contributed by atoms with E-state index in [-0.39, 0.29) is 0 Å². The van der Waals surface area contributed by atoms with Gasteiger partial charge in [-0.25, -0.2) is 0 Å². The Morgan fingerprint density at radius 1 is 0.767 bits per heavy atom. The largest absolute Gasteiger partial charge is 0.378 e. The zero-order chi connectivity index (χ0) is 21.1. The van der Waals surface area contributed by atoms with Gasteiger partial charge in [0, 0.05) is 77.1 Å². The number of hydrogen-bond acceptors (Lipinski definition) is 6. The molecule has 162 valence electrons. The van der Waals surface area contributed by atoms with E-state index < -0.39 is 0 Å². The Balaban J connectivity index is 1.45. The standard InChI is InChI=1S/C24H36N6/c1-27(2)21-9-11-25-19(15-21)17-29-13-5-7-23(29)24-8-6-14-30(24)18-20-16-22(28(3)4)10-12-26-20/h9-12,15-16,23-24H,5-8,13-14,17-18H2,1-4H3/t23-,24-/m0/s1. The summed E-state index contributed by atoms with van der Waals surface area (Å²) in [6.07, 6.45) is 9.05. The van der Waals surface area contributed by atoms with Crippen LogP contribution >= 0.6 is 0 Å². The highest BCUT2D eigenvalue weighted by Gasteiger charge is 2.37. The van der Waals surface area contributed by atoms with Crippen molar-refractivity contribution in [1.29, 1.82) is 0 Å². The Morgan fingerprint density at radius 2 is 1.20 bits per heavy atom. The molecule has 0 aromatic carbocycles. The quantitative estimate of drug-likeness (QED) is 0.700. The van der Waals surface area contributed by atoms with E-state index in [1.165, 1.54) is 61.5 Å². The number of nitrogens with zero attached hydrogens (tertiary/aromatic N) is 6. The summed E-state index contributed by atoms with van der Waals surface area (Å²) in [5.41, 5.74) is 4.81. The summed E-state index contributed by atoms with van der Waals surface area (Å²) < 4.78 is 0. The van der Waals surface area contributed by atoms with E-state index in [4.69, 9.17) is 0 Å². The van der Waals surface area contributed by atoms with Gasteiger partial charge in [-0.3, -0.25) is 19.8 Å². The normalized spacial score (nSPS) is 22.5. The number of rotatable bonds is 7. The predicted octanol–water partition coefficient (Wildman–Crippen LogP) is 3.24. The summed E-state index contributed by atoms with van der Waals surface area (Å²) in [4.78, 5) is 19.0. The second kappa shape index (κ2) is 9.31. The van der Waals surface area contributed by atoms with Gasteiger partial charge in [0.15, 0.2) is 0 Å². The average Bonchev–Trinajstić information content (AvgIpc) is 3.37. The van der Waals surface area contributed by atoms with Crippen LogP contribution in [0.2, 0.25) is 0 Å². The van der Waals surface area contributed by atoms with Crippen molar-refractivity contribution in [2.75, 3.05) is 51.1 Å². The van der Waals surface area contributed by atoms with Crippen LogP contribution in [0.5, 0.6) is 0 Å². The Hall–Kier alpha value is -2.18. The maximum atomic E-state index is 4.66. The van der Waals surface area contributed by atoms with Gasteiger partial charge in [-0.1, -0.05) is 0 Å². The minimum Gasteiger partial charge on any atom is -0.378 e. The topological polar surface area (TPSA) is 38.7 Å². The van der Waals surface area contributed by atoms with Crippen LogP contribution in [0.1, 0.15) is 37.1 Å². The maximum Gasteiger partial charge on any atom is 0.0564 e. The Morgan fingerprint density at radius 3 is 1.60 bits per heavy atom. The third kappa shape index (κ3) is 4.76. The molecule has 4 rings (SSSR count). The van der Waals surface area contributed by atoms with Gasteiger partial charge in [-0.2, -0.15) is 0 Å². The highest BCUT2D eigenvalue weighted by molar-refractivity contribution is 5.45. The summed E-state index contributed by atoms with van der Waals surface area (Å²) in [5.74, 6) is 0. The van der Waals surface area contributed by atoms with Crippen LogP contribution in [0.4, 0.5) is 11.4 Å². The summed E-state index contributed by atoms with van der Waals surface area (Å²) in [5, 5.41) is 0. The van der Waals surface area contributed by atoms with Crippen molar-refractivity contribution in [2.45, 2.75) is 50.9 Å². The molecule has 0 N–H and O–H groups in total. The molecule has 0 spiro atoms. The molecule has 2 aliphatic rings. The molecule has 0 amide bonds. The van der Waals surface area contributed by atoms with Crippen LogP contribution in [0, 0.1) is 0 Å². The van der Waals surface area contributed by atoms with E-state index in [9.17, 15) is 0 Å². The average molecular weight is 409 g/mol. The Labute approximate surface area is 181 Å². The van der Waals surface area contributed by atoms with Crippen molar-refractivity contribution in [3.63, 3.8) is 0 Å². The SMILES string of the molecule is CN(C)c1ccnc(CN2CCC[C@H]2[C@@H]2CCCN2Cc2cc(N(C)C)ccn2)c1. The lowest BCUT2D eigenvalue weighted by atomic mass is 10.0. The van der Waals surface area contributed by atoms with Crippen molar-refractivity contribution in [1.82, 2.24) is 19.8 Å². The van der Waals surface area contributed by atoms with Crippen molar-refractivity contribution in [3.8, 4) is 0 Å². The van der Waals surface area contributed by atoms with Gasteiger partial charge >= 0.3 is 0 Å². The molecule has 0 saturated carbocycles. The van der Waals surface area contributed by atoms with Crippen LogP contribution < -0.4 is 9.80 Å². The smallest absolute Gasteiger partial charge is 0.0564 e. The minimum absolute atomic E-state index is 0.620. The summed E-state index contributed by atoms with van der Waals surface area (Å²) in [6.45, 7) is 4.25. The van der Waals surface area contributed by atoms with Crippen LogP contribution in [0.15, 0.2) is 36.7 Å². The number of hydrogen-bond donors (Lipinski definition) is 0. The fourth-order valence-corrected chi connectivity index (χ4v) is 5.04. The van der Waals surface area contributed by atoms with Crippen LogP contribution in [0.3, 0.4) is 0 Å². The molecule has 0 unspecified atom stereocenters. The van der Waals surface area contributed by atoms with Gasteiger partial charge < -0.3 is 9.80 Å². The van der Waals surface area contributed by atoms with E-state index in [1.54, 1.807) is 0 Å². The zero-order valence-electron chi connectivity index (χ0n) is 19.0. The van der Waals surface area contributed by atoms with Gasteiger partial charge in [0.05, 0.1) is 11.4 Å². The fourth-order valence-electron chi connectivity index (χ4n) is 5.04. The van der Waals surface area contributed by atoms with E-state index in [2.05, 4.69) is 82.0 Å². The van der Waals surface area contributed by atoms with Gasteiger partial charge in [0.2, 0.25) is 0 Å². The highest BCUT2D eigenvalue weighted by atomic mass is 15.3. The van der Waals surface area contributed by atoms with Crippen LogP contribution in [0.25, 0.3) is 0 Å². The first-order chi connectivity index (χ1) is 14.5. The van der Waals surface area contributed by atoms with Crippen molar-refractivity contribution >= 4 is 11.4 Å². The molecule has 2 saturated heterocycles. The molecule has 2 atom stereocenters. The molecule has 0 radical (unpaired) electrons. The number of anilines is 2. The molecule has 4 heterocycles. The summed E-state index contributed by atoms with van der Waals surface area (Å²) >= 11 is 0. The lowest BCUT2D eigenvalue weighted by Gasteiger charge is -2.35. The summed E-state index contributed by atoms with van der Waals surface area (Å²) in [7, 11) is 8.36. The van der Waals surface area contributed by atoms with Gasteiger partial charge in [0.1, 0.15) is 0 Å². The first kappa shape index (κ1) is 21.1. The first-order valence-electron chi connectivity index (χ1n) is 11.2. The molecule has 6 nitrogen and oxygen atoms in total. The molecule has 2 aliphatic heterocycles. The molecular formula is C24H36N6. The third-order valence-electron chi connectivity index (χ3n) is 6.64. The minimum atomic E-state index is 0.620. The first-order valence-corrected chi connectivity index (χ1v) is 11.2. The molecule has 2 aromatic heterocycles. The fraction of sp³-hybridized carbons (Fsp3) is 0.583. The monoisotopic (exact) mass is 408 g/mol. The number of pyridine rings is 2. The van der Waals surface area contributed by atoms with Crippen molar-refractivity contribution in [2.24, 2.45) is 0 Å². The molecular weight excluding hydrogens is 372 g/mol.